The summed E-state index contributed by atoms with van der Waals surface area (Å²) in [5.74, 6) is -0.301. The van der Waals surface area contributed by atoms with Crippen molar-refractivity contribution in [2.24, 2.45) is 0 Å². The lowest BCUT2D eigenvalue weighted by Crippen LogP contribution is -2.46. The van der Waals surface area contributed by atoms with Crippen molar-refractivity contribution in [1.29, 1.82) is 0 Å². The van der Waals surface area contributed by atoms with Crippen molar-refractivity contribution in [3.8, 4) is 5.75 Å². The summed E-state index contributed by atoms with van der Waals surface area (Å²) >= 11 is 3.27. The fourth-order valence-corrected chi connectivity index (χ4v) is 2.16. The largest absolute Gasteiger partial charge is 0.507 e. The smallest absolute Gasteiger partial charge is 0.255 e. The van der Waals surface area contributed by atoms with E-state index in [0.717, 1.165) is 10.9 Å². The third-order valence-electron chi connectivity index (χ3n) is 2.84. The van der Waals surface area contributed by atoms with Crippen LogP contribution in [0.1, 0.15) is 23.7 Å². The van der Waals surface area contributed by atoms with Gasteiger partial charge in [0.2, 0.25) is 0 Å². The average molecular weight is 300 g/mol. The first kappa shape index (κ1) is 12.4. The van der Waals surface area contributed by atoms with Crippen LogP contribution in [-0.2, 0) is 4.74 Å². The second-order valence-electron chi connectivity index (χ2n) is 4.48. The minimum atomic E-state index is -0.341. The molecule has 0 saturated carbocycles. The summed E-state index contributed by atoms with van der Waals surface area (Å²) < 4.78 is 6.02. The van der Waals surface area contributed by atoms with E-state index in [9.17, 15) is 9.90 Å². The molecular formula is C12H14BrNO3. The van der Waals surface area contributed by atoms with Crippen LogP contribution in [0, 0.1) is 0 Å². The van der Waals surface area contributed by atoms with E-state index in [2.05, 4.69) is 21.2 Å². The van der Waals surface area contributed by atoms with Gasteiger partial charge < -0.3 is 15.2 Å². The molecule has 0 aromatic heterocycles. The maximum atomic E-state index is 12.0. The lowest BCUT2D eigenvalue weighted by Gasteiger charge is -2.23. The van der Waals surface area contributed by atoms with Gasteiger partial charge in [0, 0.05) is 11.1 Å². The number of phenols is 1. The lowest BCUT2D eigenvalue weighted by atomic mass is 10.0. The van der Waals surface area contributed by atoms with E-state index in [-0.39, 0.29) is 22.8 Å². The molecule has 0 radical (unpaired) electrons. The fourth-order valence-electron chi connectivity index (χ4n) is 1.80. The zero-order valence-corrected chi connectivity index (χ0v) is 11.1. The van der Waals surface area contributed by atoms with Gasteiger partial charge in [0.05, 0.1) is 17.7 Å². The van der Waals surface area contributed by atoms with Crippen molar-refractivity contribution in [3.63, 3.8) is 0 Å². The second-order valence-corrected chi connectivity index (χ2v) is 5.39. The molecule has 1 saturated heterocycles. The SMILES string of the molecule is CC1(NC(=O)c2cc(Br)ccc2O)CCOC1. The van der Waals surface area contributed by atoms with Crippen LogP contribution in [0.3, 0.4) is 0 Å². The van der Waals surface area contributed by atoms with E-state index in [1.54, 1.807) is 12.1 Å². The summed E-state index contributed by atoms with van der Waals surface area (Å²) in [5, 5.41) is 12.5. The van der Waals surface area contributed by atoms with Crippen molar-refractivity contribution in [2.75, 3.05) is 13.2 Å². The molecule has 1 aromatic rings. The molecule has 5 heteroatoms. The zero-order chi connectivity index (χ0) is 12.5. The van der Waals surface area contributed by atoms with Crippen molar-refractivity contribution in [2.45, 2.75) is 18.9 Å². The van der Waals surface area contributed by atoms with Gasteiger partial charge in [-0.2, -0.15) is 0 Å². The van der Waals surface area contributed by atoms with Crippen LogP contribution in [0.25, 0.3) is 0 Å². The molecule has 1 unspecified atom stereocenters. The van der Waals surface area contributed by atoms with Crippen LogP contribution in [0.15, 0.2) is 22.7 Å². The normalized spacial score (nSPS) is 23.6. The van der Waals surface area contributed by atoms with Gasteiger partial charge in [0.25, 0.3) is 5.91 Å². The Labute approximate surface area is 108 Å². The van der Waals surface area contributed by atoms with E-state index in [0.29, 0.717) is 13.2 Å². The summed E-state index contributed by atoms with van der Waals surface area (Å²) in [4.78, 5) is 12.0. The molecule has 1 atom stereocenters. The van der Waals surface area contributed by atoms with E-state index >= 15 is 0 Å². The summed E-state index contributed by atoms with van der Waals surface area (Å²) in [7, 11) is 0. The number of ether oxygens (including phenoxy) is 1. The summed E-state index contributed by atoms with van der Waals surface area (Å²) in [6.07, 6.45) is 0.785. The monoisotopic (exact) mass is 299 g/mol. The number of carbonyl (C=O) groups excluding carboxylic acids is 1. The van der Waals surface area contributed by atoms with Crippen LogP contribution in [0.4, 0.5) is 0 Å². The average Bonchev–Trinajstić information content (AvgIpc) is 2.68. The molecule has 2 rings (SSSR count). The molecule has 1 aromatic carbocycles. The number of rotatable bonds is 2. The number of aromatic hydroxyl groups is 1. The molecule has 1 fully saturated rings. The van der Waals surface area contributed by atoms with Gasteiger partial charge >= 0.3 is 0 Å². The van der Waals surface area contributed by atoms with Crippen LogP contribution >= 0.6 is 15.9 Å². The van der Waals surface area contributed by atoms with Gasteiger partial charge in [-0.05, 0) is 31.5 Å². The highest BCUT2D eigenvalue weighted by Crippen LogP contribution is 2.24. The number of amides is 1. The Hall–Kier alpha value is -1.07. The van der Waals surface area contributed by atoms with Crippen molar-refractivity contribution in [3.05, 3.63) is 28.2 Å². The first-order chi connectivity index (χ1) is 8.00. The topological polar surface area (TPSA) is 58.6 Å². The second kappa shape index (κ2) is 4.66. The van der Waals surface area contributed by atoms with Crippen molar-refractivity contribution in [1.82, 2.24) is 5.32 Å². The van der Waals surface area contributed by atoms with Crippen LogP contribution in [0.5, 0.6) is 5.75 Å². The summed E-state index contributed by atoms with van der Waals surface area (Å²) in [6.45, 7) is 3.10. The van der Waals surface area contributed by atoms with Gasteiger partial charge in [-0.25, -0.2) is 0 Å². The third kappa shape index (κ3) is 2.79. The van der Waals surface area contributed by atoms with Crippen LogP contribution < -0.4 is 5.32 Å². The number of halogens is 1. The number of phenolic OH excluding ortho intramolecular Hbond substituents is 1. The van der Waals surface area contributed by atoms with Crippen molar-refractivity contribution < 1.29 is 14.6 Å². The first-order valence-corrected chi connectivity index (χ1v) is 6.18. The number of hydrogen-bond donors (Lipinski definition) is 2. The Balaban J connectivity index is 2.17. The maximum Gasteiger partial charge on any atom is 0.255 e. The van der Waals surface area contributed by atoms with E-state index in [1.807, 2.05) is 6.92 Å². The van der Waals surface area contributed by atoms with Gasteiger partial charge in [0.15, 0.2) is 0 Å². The Kier molecular flexibility index (Phi) is 3.40. The standard InChI is InChI=1S/C12H14BrNO3/c1-12(4-5-17-7-12)14-11(16)9-6-8(13)2-3-10(9)15/h2-3,6,15H,4-5,7H2,1H3,(H,14,16). The summed E-state index contributed by atoms with van der Waals surface area (Å²) in [6, 6.07) is 4.78. The molecule has 0 aliphatic carbocycles. The molecule has 0 spiro atoms. The highest BCUT2D eigenvalue weighted by atomic mass is 79.9. The minimum Gasteiger partial charge on any atom is -0.507 e. The molecule has 1 aliphatic heterocycles. The molecule has 92 valence electrons. The highest BCUT2D eigenvalue weighted by molar-refractivity contribution is 9.10. The summed E-state index contributed by atoms with van der Waals surface area (Å²) in [5.41, 5.74) is -0.0706. The predicted octanol–water partition coefficient (Wildman–Crippen LogP) is 2.06. The number of hydrogen-bond acceptors (Lipinski definition) is 3. The van der Waals surface area contributed by atoms with Crippen LogP contribution in [0.2, 0.25) is 0 Å². The molecule has 2 N–H and O–H groups in total. The van der Waals surface area contributed by atoms with E-state index in [1.165, 1.54) is 6.07 Å². The lowest BCUT2D eigenvalue weighted by molar-refractivity contribution is 0.0887. The Bertz CT molecular complexity index is 441. The number of benzene rings is 1. The predicted molar refractivity (Wildman–Crippen MR) is 67.1 cm³/mol. The van der Waals surface area contributed by atoms with Crippen molar-refractivity contribution >= 4 is 21.8 Å². The molecule has 4 nitrogen and oxygen atoms in total. The Morgan fingerprint density at radius 3 is 3.00 bits per heavy atom. The van der Waals surface area contributed by atoms with Gasteiger partial charge in [-0.3, -0.25) is 4.79 Å². The zero-order valence-electron chi connectivity index (χ0n) is 9.50. The maximum absolute atomic E-state index is 12.0. The Morgan fingerprint density at radius 1 is 1.59 bits per heavy atom. The molecular weight excluding hydrogens is 286 g/mol. The molecule has 1 aliphatic rings. The molecule has 0 bridgehead atoms. The quantitative estimate of drug-likeness (QED) is 0.879. The third-order valence-corrected chi connectivity index (χ3v) is 3.33. The number of carbonyl (C=O) groups is 1. The fraction of sp³-hybridized carbons (Fsp3) is 0.417. The highest BCUT2D eigenvalue weighted by Gasteiger charge is 2.32. The molecule has 17 heavy (non-hydrogen) atoms. The van der Waals surface area contributed by atoms with Gasteiger partial charge in [0.1, 0.15) is 5.75 Å². The van der Waals surface area contributed by atoms with Gasteiger partial charge in [-0.15, -0.1) is 0 Å². The van der Waals surface area contributed by atoms with E-state index < -0.39 is 0 Å². The van der Waals surface area contributed by atoms with Crippen LogP contribution in [-0.4, -0.2) is 29.8 Å². The first-order valence-electron chi connectivity index (χ1n) is 5.39. The van der Waals surface area contributed by atoms with E-state index in [4.69, 9.17) is 4.74 Å². The minimum absolute atomic E-state index is 0.0202. The van der Waals surface area contributed by atoms with Gasteiger partial charge in [-0.1, -0.05) is 15.9 Å². The molecule has 1 amide bonds. The Morgan fingerprint density at radius 2 is 2.35 bits per heavy atom. The number of nitrogens with one attached hydrogen (secondary N) is 1. The molecule has 1 heterocycles.